The number of halogens is 1. The van der Waals surface area contributed by atoms with Gasteiger partial charge < -0.3 is 0 Å². The van der Waals surface area contributed by atoms with Crippen LogP contribution in [0.4, 0.5) is 0 Å². The normalized spacial score (nSPS) is 12.6. The van der Waals surface area contributed by atoms with Gasteiger partial charge in [0, 0.05) is 0 Å². The molecule has 0 aliphatic heterocycles. The molecule has 1 atom stereocenters. The Morgan fingerprint density at radius 1 is 1.44 bits per heavy atom. The van der Waals surface area contributed by atoms with Gasteiger partial charge in [0.25, 0.3) is 0 Å². The molecule has 1 aromatic rings. The summed E-state index contributed by atoms with van der Waals surface area (Å²) in [5, 5.41) is 0. The fraction of sp³-hybridized carbons (Fsp3) is 0.500. The molecule has 4 radical (unpaired) electrons. The summed E-state index contributed by atoms with van der Waals surface area (Å²) in [5.41, 5.74) is 1.49. The zero-order chi connectivity index (χ0) is 13.2. The third kappa shape index (κ3) is 6.83. The van der Waals surface area contributed by atoms with Gasteiger partial charge in [-0.3, -0.25) is 0 Å². The Morgan fingerprint density at radius 3 is 2.94 bits per heavy atom. The van der Waals surface area contributed by atoms with Gasteiger partial charge in [0.2, 0.25) is 0 Å². The van der Waals surface area contributed by atoms with Gasteiger partial charge >= 0.3 is 143 Å². The molecule has 0 aliphatic rings. The number of hydrogen-bond donors (Lipinski definition) is 1. The summed E-state index contributed by atoms with van der Waals surface area (Å²) in [4.78, 5) is 2.38. The third-order valence-electron chi connectivity index (χ3n) is 2.50. The molecular formula is C12H18BrNOSSn2. The first-order chi connectivity index (χ1) is 8.79. The van der Waals surface area contributed by atoms with Crippen molar-refractivity contribution in [3.05, 3.63) is 29.8 Å². The molecule has 0 saturated heterocycles. The standard InChI is InChI=1S/C11H15NOS.CH3.BrH.2Sn/c1-10(12-14-9-5-8-13)11-6-3-2-4-7-11;;;;/h2-4,6,10,12H,5,8-9H2,1H3;1H3;1H;;/q-1;;;;+2/p-1. The summed E-state index contributed by atoms with van der Waals surface area (Å²) >= 11 is 4.25. The van der Waals surface area contributed by atoms with Crippen molar-refractivity contribution in [2.75, 3.05) is 12.4 Å². The Labute approximate surface area is 141 Å². The molecule has 1 N–H and O–H groups in total. The molecule has 0 aromatic heterocycles. The summed E-state index contributed by atoms with van der Waals surface area (Å²) in [6.07, 6.45) is 1.13. The predicted octanol–water partition coefficient (Wildman–Crippen LogP) is 2.70. The maximum absolute atomic E-state index is 5.41. The maximum atomic E-state index is 5.41. The van der Waals surface area contributed by atoms with E-state index in [4.69, 9.17) is 3.07 Å². The SMILES string of the molecule is [CH3][Sn][c]1ccccc1C(C)NSCCC[O][Sn][Br]. The van der Waals surface area contributed by atoms with Gasteiger partial charge in [0.15, 0.2) is 0 Å². The van der Waals surface area contributed by atoms with E-state index in [-0.39, 0.29) is 21.1 Å². The number of rotatable bonds is 9. The minimum absolute atomic E-state index is 0.354. The van der Waals surface area contributed by atoms with E-state index in [2.05, 4.69) is 53.6 Å². The van der Waals surface area contributed by atoms with Gasteiger partial charge in [-0.25, -0.2) is 0 Å². The van der Waals surface area contributed by atoms with Crippen molar-refractivity contribution in [2.24, 2.45) is 0 Å². The molecule has 18 heavy (non-hydrogen) atoms. The summed E-state index contributed by atoms with van der Waals surface area (Å²) < 4.78 is 10.6. The average molecular weight is 542 g/mol. The van der Waals surface area contributed by atoms with Crippen molar-refractivity contribution in [2.45, 2.75) is 24.3 Å². The van der Waals surface area contributed by atoms with Crippen LogP contribution in [0, 0.1) is 0 Å². The van der Waals surface area contributed by atoms with Crippen LogP contribution in [0.5, 0.6) is 0 Å². The molecule has 1 rings (SSSR count). The first-order valence-corrected chi connectivity index (χ1v) is 18.7. The molecule has 6 heteroatoms. The Hall–Kier alpha value is 1.57. The van der Waals surface area contributed by atoms with Gasteiger partial charge in [-0.15, -0.1) is 0 Å². The van der Waals surface area contributed by atoms with E-state index >= 15 is 0 Å². The van der Waals surface area contributed by atoms with Gasteiger partial charge in [0.05, 0.1) is 0 Å². The fourth-order valence-electron chi connectivity index (χ4n) is 1.59. The van der Waals surface area contributed by atoms with Crippen LogP contribution in [0.1, 0.15) is 24.9 Å². The van der Waals surface area contributed by atoms with Crippen LogP contribution in [-0.2, 0) is 3.07 Å². The summed E-state index contributed by atoms with van der Waals surface area (Å²) in [6.45, 7) is 3.16. The van der Waals surface area contributed by atoms with E-state index in [1.165, 1.54) is 5.56 Å². The van der Waals surface area contributed by atoms with E-state index in [0.29, 0.717) is 6.04 Å². The van der Waals surface area contributed by atoms with Crippen LogP contribution in [0.25, 0.3) is 0 Å². The van der Waals surface area contributed by atoms with Crippen LogP contribution in [0.3, 0.4) is 0 Å². The van der Waals surface area contributed by atoms with E-state index in [0.717, 1.165) is 18.8 Å². The molecule has 98 valence electrons. The summed E-state index contributed by atoms with van der Waals surface area (Å²) in [5.74, 6) is 1.12. The number of benzene rings is 1. The molecule has 1 unspecified atom stereocenters. The molecule has 0 spiro atoms. The van der Waals surface area contributed by atoms with Crippen molar-refractivity contribution >= 4 is 68.7 Å². The second-order valence-electron chi connectivity index (χ2n) is 3.80. The van der Waals surface area contributed by atoms with Gasteiger partial charge in [0.1, 0.15) is 0 Å². The molecular weight excluding hydrogens is 524 g/mol. The van der Waals surface area contributed by atoms with Gasteiger partial charge in [-0.1, -0.05) is 0 Å². The third-order valence-corrected chi connectivity index (χ3v) is 8.78. The molecule has 0 saturated carbocycles. The fourth-order valence-corrected chi connectivity index (χ4v) is 6.50. The van der Waals surface area contributed by atoms with E-state index in [1.807, 2.05) is 11.9 Å². The van der Waals surface area contributed by atoms with Crippen LogP contribution >= 0.6 is 24.7 Å². The van der Waals surface area contributed by atoms with E-state index < -0.39 is 19.3 Å². The van der Waals surface area contributed by atoms with Crippen molar-refractivity contribution in [1.82, 2.24) is 4.72 Å². The molecule has 0 aliphatic carbocycles. The minimum atomic E-state index is -0.629. The molecule has 0 amide bonds. The van der Waals surface area contributed by atoms with Crippen LogP contribution in [0.15, 0.2) is 24.3 Å². The van der Waals surface area contributed by atoms with E-state index in [9.17, 15) is 0 Å². The van der Waals surface area contributed by atoms with Crippen molar-refractivity contribution in [1.29, 1.82) is 0 Å². The molecule has 0 fully saturated rings. The van der Waals surface area contributed by atoms with Crippen LogP contribution in [-0.4, -0.2) is 52.8 Å². The van der Waals surface area contributed by atoms with Crippen molar-refractivity contribution in [3.8, 4) is 0 Å². The van der Waals surface area contributed by atoms with Crippen LogP contribution < -0.4 is 8.30 Å². The Balaban J connectivity index is 2.29. The Bertz CT molecular complexity index is 344. The molecule has 1 aromatic carbocycles. The summed E-state index contributed by atoms with van der Waals surface area (Å²) in [7, 11) is 0. The van der Waals surface area contributed by atoms with Crippen molar-refractivity contribution < 1.29 is 3.07 Å². The number of hydrogen-bond acceptors (Lipinski definition) is 3. The predicted molar refractivity (Wildman–Crippen MR) is 87.0 cm³/mol. The molecule has 0 bridgehead atoms. The van der Waals surface area contributed by atoms with E-state index in [1.54, 1.807) is 3.58 Å². The second-order valence-corrected chi connectivity index (χ2v) is 11.1. The monoisotopic (exact) mass is 543 g/mol. The van der Waals surface area contributed by atoms with Gasteiger partial charge in [-0.05, 0) is 0 Å². The van der Waals surface area contributed by atoms with Gasteiger partial charge in [-0.2, -0.15) is 0 Å². The van der Waals surface area contributed by atoms with Crippen LogP contribution in [0.2, 0.25) is 4.94 Å². The number of nitrogens with one attached hydrogen (secondary N) is 1. The molecule has 2 nitrogen and oxygen atoms in total. The molecule has 0 heterocycles. The zero-order valence-corrected chi connectivity index (χ0v) is 18.8. The Morgan fingerprint density at radius 2 is 2.22 bits per heavy atom. The first kappa shape index (κ1) is 17.6. The zero-order valence-electron chi connectivity index (χ0n) is 10.7. The topological polar surface area (TPSA) is 21.3 Å². The quantitative estimate of drug-likeness (QED) is 0.295. The summed E-state index contributed by atoms with van der Waals surface area (Å²) in [6, 6.07) is 9.30. The second kappa shape index (κ2) is 11.3. The van der Waals surface area contributed by atoms with Crippen molar-refractivity contribution in [3.63, 3.8) is 0 Å². The Kier molecular flexibility index (Phi) is 11.0. The average Bonchev–Trinajstić information content (AvgIpc) is 2.42. The first-order valence-electron chi connectivity index (χ1n) is 5.91.